The fourth-order valence-corrected chi connectivity index (χ4v) is 5.97. The number of pyridine rings is 2. The monoisotopic (exact) mass is 478 g/mol. The van der Waals surface area contributed by atoms with Crippen LogP contribution in [0.4, 0.5) is 11.5 Å². The highest BCUT2D eigenvalue weighted by Crippen LogP contribution is 2.33. The van der Waals surface area contributed by atoms with Crippen molar-refractivity contribution in [2.45, 2.75) is 32.2 Å². The highest BCUT2D eigenvalue weighted by molar-refractivity contribution is 7.21. The second-order valence-electron chi connectivity index (χ2n) is 9.10. The van der Waals surface area contributed by atoms with Crippen molar-refractivity contribution in [3.8, 4) is 0 Å². The first-order chi connectivity index (χ1) is 16.5. The first kappa shape index (κ1) is 22.9. The fourth-order valence-electron chi connectivity index (χ4n) is 4.95. The van der Waals surface area contributed by atoms with Crippen LogP contribution in [0.1, 0.15) is 33.0 Å². The average molecular weight is 479 g/mol. The molecule has 1 amide bonds. The zero-order valence-electron chi connectivity index (χ0n) is 19.8. The van der Waals surface area contributed by atoms with Crippen LogP contribution in [0, 0.1) is 12.8 Å². The van der Waals surface area contributed by atoms with E-state index in [-0.39, 0.29) is 5.91 Å². The van der Waals surface area contributed by atoms with Crippen LogP contribution in [0.15, 0.2) is 29.3 Å². The number of fused-ring (bicyclic) bond motifs is 2. The van der Waals surface area contributed by atoms with E-state index >= 15 is 0 Å². The number of aliphatic imine (C=N–C) groups is 1. The third kappa shape index (κ3) is 4.31. The first-order valence-electron chi connectivity index (χ1n) is 11.6. The smallest absolute Gasteiger partial charge is 0.289 e. The van der Waals surface area contributed by atoms with Crippen molar-refractivity contribution in [2.24, 2.45) is 10.9 Å². The average Bonchev–Trinajstić information content (AvgIpc) is 3.39. The van der Waals surface area contributed by atoms with E-state index < -0.39 is 0 Å². The lowest BCUT2D eigenvalue weighted by molar-refractivity contribution is 0.101. The van der Waals surface area contributed by atoms with Gasteiger partial charge < -0.3 is 20.7 Å². The predicted molar refractivity (Wildman–Crippen MR) is 137 cm³/mol. The Hall–Kier alpha value is -2.88. The van der Waals surface area contributed by atoms with E-state index in [9.17, 15) is 4.79 Å². The number of aromatic nitrogens is 2. The van der Waals surface area contributed by atoms with Gasteiger partial charge in [-0.15, -0.1) is 11.3 Å². The number of carbonyl (C=O) groups is 1. The minimum absolute atomic E-state index is 0.277. The summed E-state index contributed by atoms with van der Waals surface area (Å²) in [7, 11) is 3.76. The molecule has 9 heteroatoms. The highest BCUT2D eigenvalue weighted by atomic mass is 32.1. The molecular weight excluding hydrogens is 448 g/mol. The third-order valence-electron chi connectivity index (χ3n) is 6.80. The Labute approximate surface area is 203 Å². The molecular formula is C25H30N6O2S. The molecule has 0 radical (unpaired) electrons. The molecule has 1 aliphatic heterocycles. The van der Waals surface area contributed by atoms with Crippen molar-refractivity contribution in [2.75, 3.05) is 44.5 Å². The fraction of sp³-hybridized carbons (Fsp3) is 0.440. The van der Waals surface area contributed by atoms with Gasteiger partial charge in [0.2, 0.25) is 0 Å². The molecule has 2 atom stereocenters. The van der Waals surface area contributed by atoms with Gasteiger partial charge in [-0.25, -0.2) is 15.0 Å². The Balaban J connectivity index is 1.32. The van der Waals surface area contributed by atoms with Gasteiger partial charge in [0, 0.05) is 61.1 Å². The molecule has 0 spiro atoms. The van der Waals surface area contributed by atoms with Crippen molar-refractivity contribution in [3.63, 3.8) is 0 Å². The quantitative estimate of drug-likeness (QED) is 0.581. The summed E-state index contributed by atoms with van der Waals surface area (Å²) in [5, 5.41) is 4.22. The number of amides is 1. The van der Waals surface area contributed by atoms with Gasteiger partial charge in [0.15, 0.2) is 0 Å². The van der Waals surface area contributed by atoms with Crippen LogP contribution in [-0.4, -0.2) is 61.5 Å². The van der Waals surface area contributed by atoms with Gasteiger partial charge in [-0.2, -0.15) is 0 Å². The number of hydrogen-bond donors (Lipinski definition) is 2. The number of nitrogen functional groups attached to an aromatic ring is 1. The van der Waals surface area contributed by atoms with Crippen molar-refractivity contribution in [1.29, 1.82) is 0 Å². The van der Waals surface area contributed by atoms with Crippen molar-refractivity contribution < 1.29 is 9.53 Å². The summed E-state index contributed by atoms with van der Waals surface area (Å²) < 4.78 is 5.40. The van der Waals surface area contributed by atoms with Crippen LogP contribution in [0.2, 0.25) is 0 Å². The largest absolute Gasteiger partial charge is 0.397 e. The number of nitrogens with two attached hydrogens (primary N) is 1. The molecule has 0 saturated carbocycles. The summed E-state index contributed by atoms with van der Waals surface area (Å²) in [5.74, 6) is 1.17. The molecule has 0 aromatic carbocycles. The Kier molecular flexibility index (Phi) is 6.33. The maximum absolute atomic E-state index is 12.9. The van der Waals surface area contributed by atoms with Crippen LogP contribution in [0.25, 0.3) is 10.2 Å². The van der Waals surface area contributed by atoms with Crippen LogP contribution in [0.3, 0.4) is 0 Å². The molecule has 2 aliphatic rings. The lowest BCUT2D eigenvalue weighted by atomic mass is 9.94. The van der Waals surface area contributed by atoms with Crippen molar-refractivity contribution in [1.82, 2.24) is 15.3 Å². The maximum atomic E-state index is 12.9. The number of anilines is 2. The van der Waals surface area contributed by atoms with Gasteiger partial charge in [-0.05, 0) is 50.6 Å². The molecule has 34 heavy (non-hydrogen) atoms. The van der Waals surface area contributed by atoms with Gasteiger partial charge in [-0.3, -0.25) is 4.79 Å². The highest BCUT2D eigenvalue weighted by Gasteiger charge is 2.32. The molecule has 1 saturated heterocycles. The number of aryl methyl sites for hydroxylation is 2. The third-order valence-corrected chi connectivity index (χ3v) is 7.91. The SMILES string of the molecule is CN[C@@H]1CN(c2ccc3c(n2)CCC(=NC(=O)c2sc4nc(C)ccc4c2N)C3)C[C@H]1COC. The number of rotatable bonds is 5. The first-order valence-corrected chi connectivity index (χ1v) is 12.4. The minimum Gasteiger partial charge on any atom is -0.397 e. The molecule has 3 aromatic heterocycles. The van der Waals surface area contributed by atoms with E-state index in [1.54, 1.807) is 7.11 Å². The number of nitrogens with zero attached hydrogens (tertiary/aromatic N) is 4. The van der Waals surface area contributed by atoms with E-state index in [0.29, 0.717) is 28.9 Å². The second-order valence-corrected chi connectivity index (χ2v) is 10.1. The normalized spacial score (nSPS) is 21.4. The summed E-state index contributed by atoms with van der Waals surface area (Å²) in [5.41, 5.74) is 10.7. The molecule has 0 bridgehead atoms. The topological polar surface area (TPSA) is 106 Å². The van der Waals surface area contributed by atoms with Gasteiger partial charge in [0.05, 0.1) is 12.3 Å². The Morgan fingerprint density at radius 2 is 2.12 bits per heavy atom. The number of carbonyl (C=O) groups excluding carboxylic acids is 1. The molecule has 5 rings (SSSR count). The number of thiophene rings is 1. The van der Waals surface area contributed by atoms with Gasteiger partial charge in [0.1, 0.15) is 15.5 Å². The Morgan fingerprint density at radius 3 is 2.91 bits per heavy atom. The molecule has 3 N–H and O–H groups in total. The van der Waals surface area contributed by atoms with E-state index in [1.165, 1.54) is 11.3 Å². The molecule has 1 fully saturated rings. The van der Waals surface area contributed by atoms with Crippen LogP contribution >= 0.6 is 11.3 Å². The summed E-state index contributed by atoms with van der Waals surface area (Å²) >= 11 is 1.32. The Morgan fingerprint density at radius 1 is 1.26 bits per heavy atom. The molecule has 1 aliphatic carbocycles. The summed E-state index contributed by atoms with van der Waals surface area (Å²) in [6.07, 6.45) is 2.15. The molecule has 178 valence electrons. The van der Waals surface area contributed by atoms with Crippen LogP contribution in [0.5, 0.6) is 0 Å². The minimum atomic E-state index is -0.277. The summed E-state index contributed by atoms with van der Waals surface area (Å²) in [4.78, 5) is 30.5. The lowest BCUT2D eigenvalue weighted by Crippen LogP contribution is -2.35. The molecule has 3 aromatic rings. The predicted octanol–water partition coefficient (Wildman–Crippen LogP) is 3.02. The van der Waals surface area contributed by atoms with E-state index in [4.69, 9.17) is 15.5 Å². The number of methoxy groups -OCH3 is 1. The van der Waals surface area contributed by atoms with Crippen LogP contribution < -0.4 is 16.0 Å². The van der Waals surface area contributed by atoms with Crippen molar-refractivity contribution >= 4 is 44.7 Å². The number of ether oxygens (including phenoxy) is 1. The van der Waals surface area contributed by atoms with E-state index in [2.05, 4.69) is 32.3 Å². The summed E-state index contributed by atoms with van der Waals surface area (Å²) in [6.45, 7) is 4.51. The van der Waals surface area contributed by atoms with E-state index in [1.807, 2.05) is 26.1 Å². The zero-order valence-corrected chi connectivity index (χ0v) is 20.6. The van der Waals surface area contributed by atoms with Gasteiger partial charge in [-0.1, -0.05) is 6.07 Å². The Bertz CT molecular complexity index is 1270. The van der Waals surface area contributed by atoms with Crippen molar-refractivity contribution in [3.05, 3.63) is 46.1 Å². The van der Waals surface area contributed by atoms with Gasteiger partial charge >= 0.3 is 0 Å². The number of nitrogens with one attached hydrogen (secondary N) is 1. The second kappa shape index (κ2) is 9.40. The number of likely N-dealkylation sites (N-methyl/N-ethyl adjacent to an activating group) is 1. The van der Waals surface area contributed by atoms with Gasteiger partial charge in [0.25, 0.3) is 5.91 Å². The van der Waals surface area contributed by atoms with Crippen LogP contribution in [-0.2, 0) is 17.6 Å². The molecule has 0 unspecified atom stereocenters. The lowest BCUT2D eigenvalue weighted by Gasteiger charge is -2.22. The van der Waals surface area contributed by atoms with E-state index in [0.717, 1.165) is 71.2 Å². The standard InChI is InChI=1S/C25H30N6O2S/c1-14-4-7-18-22(26)23(34-25(18)28-14)24(32)29-17-6-8-19-15(10-17)5-9-21(30-19)31-11-16(13-33-3)20(12-31)27-2/h4-5,7,9,16,20,27H,6,8,10-13,26H2,1-3H3/t16-,20+/m0/s1. The molecule has 4 heterocycles. The zero-order chi connectivity index (χ0) is 23.8. The maximum Gasteiger partial charge on any atom is 0.289 e. The number of hydrogen-bond acceptors (Lipinski definition) is 8. The summed E-state index contributed by atoms with van der Waals surface area (Å²) in [6, 6.07) is 8.44. The molecule has 8 nitrogen and oxygen atoms in total.